The third-order valence-corrected chi connectivity index (χ3v) is 2.15. The molecule has 0 fully saturated rings. The SMILES string of the molecule is CC(C)(C)OC(=O)N1CC=CC1CCN. The van der Waals surface area contributed by atoms with Crippen molar-refractivity contribution in [3.63, 3.8) is 0 Å². The summed E-state index contributed by atoms with van der Waals surface area (Å²) in [6.07, 6.45) is 4.52. The fourth-order valence-corrected chi connectivity index (χ4v) is 1.52. The Morgan fingerprint density at radius 1 is 1.60 bits per heavy atom. The first-order valence-corrected chi connectivity index (χ1v) is 5.30. The number of nitrogens with zero attached hydrogens (tertiary/aromatic N) is 1. The summed E-state index contributed by atoms with van der Waals surface area (Å²) >= 11 is 0. The molecule has 0 aromatic heterocycles. The van der Waals surface area contributed by atoms with Gasteiger partial charge in [-0.25, -0.2) is 4.79 Å². The molecule has 1 heterocycles. The summed E-state index contributed by atoms with van der Waals surface area (Å²) in [5.41, 5.74) is 5.05. The van der Waals surface area contributed by atoms with E-state index in [1.165, 1.54) is 0 Å². The van der Waals surface area contributed by atoms with Crippen LogP contribution in [-0.4, -0.2) is 35.7 Å². The lowest BCUT2D eigenvalue weighted by Crippen LogP contribution is -2.40. The zero-order valence-electron chi connectivity index (χ0n) is 9.69. The van der Waals surface area contributed by atoms with Gasteiger partial charge in [0.05, 0.1) is 6.04 Å². The fraction of sp³-hybridized carbons (Fsp3) is 0.727. The maximum atomic E-state index is 11.8. The molecule has 0 spiro atoms. The lowest BCUT2D eigenvalue weighted by Gasteiger charge is -2.28. The molecule has 2 N–H and O–H groups in total. The molecule has 1 unspecified atom stereocenters. The maximum absolute atomic E-state index is 11.8. The van der Waals surface area contributed by atoms with Crippen LogP contribution in [0.1, 0.15) is 27.2 Å². The van der Waals surface area contributed by atoms with E-state index < -0.39 is 5.60 Å². The zero-order chi connectivity index (χ0) is 11.5. The molecule has 0 bridgehead atoms. The van der Waals surface area contributed by atoms with Crippen molar-refractivity contribution in [3.8, 4) is 0 Å². The minimum Gasteiger partial charge on any atom is -0.444 e. The molecule has 1 aliphatic rings. The standard InChI is InChI=1S/C11H20N2O2/c1-11(2,3)15-10(14)13-8-4-5-9(13)6-7-12/h4-5,9H,6-8,12H2,1-3H3. The molecule has 0 aromatic rings. The van der Waals surface area contributed by atoms with Gasteiger partial charge in [-0.05, 0) is 33.7 Å². The first kappa shape index (κ1) is 12.0. The van der Waals surface area contributed by atoms with Crippen LogP contribution in [0.5, 0.6) is 0 Å². The van der Waals surface area contributed by atoms with Gasteiger partial charge in [-0.15, -0.1) is 0 Å². The predicted octanol–water partition coefficient (Wildman–Crippen LogP) is 1.51. The number of amides is 1. The average Bonchev–Trinajstić information content (AvgIpc) is 2.49. The second-order valence-corrected chi connectivity index (χ2v) is 4.71. The second-order valence-electron chi connectivity index (χ2n) is 4.71. The maximum Gasteiger partial charge on any atom is 0.411 e. The van der Waals surface area contributed by atoms with Crippen molar-refractivity contribution in [1.82, 2.24) is 4.90 Å². The summed E-state index contributed by atoms with van der Waals surface area (Å²) in [5, 5.41) is 0. The summed E-state index contributed by atoms with van der Waals surface area (Å²) in [7, 11) is 0. The molecular formula is C11H20N2O2. The van der Waals surface area contributed by atoms with Crippen molar-refractivity contribution < 1.29 is 9.53 Å². The quantitative estimate of drug-likeness (QED) is 0.706. The molecule has 15 heavy (non-hydrogen) atoms. The third-order valence-electron chi connectivity index (χ3n) is 2.15. The highest BCUT2D eigenvalue weighted by Gasteiger charge is 2.28. The number of hydrogen-bond acceptors (Lipinski definition) is 3. The Morgan fingerprint density at radius 2 is 2.27 bits per heavy atom. The Labute approximate surface area is 91.1 Å². The van der Waals surface area contributed by atoms with Crippen molar-refractivity contribution in [2.24, 2.45) is 5.73 Å². The van der Waals surface area contributed by atoms with Gasteiger partial charge < -0.3 is 10.5 Å². The molecule has 0 saturated carbocycles. The molecule has 1 aliphatic heterocycles. The summed E-state index contributed by atoms with van der Waals surface area (Å²) in [6, 6.07) is 0.102. The lowest BCUT2D eigenvalue weighted by molar-refractivity contribution is 0.0238. The molecule has 86 valence electrons. The first-order chi connectivity index (χ1) is 6.94. The topological polar surface area (TPSA) is 55.6 Å². The monoisotopic (exact) mass is 212 g/mol. The van der Waals surface area contributed by atoms with E-state index in [-0.39, 0.29) is 12.1 Å². The van der Waals surface area contributed by atoms with Gasteiger partial charge in [0.25, 0.3) is 0 Å². The van der Waals surface area contributed by atoms with Crippen LogP contribution in [-0.2, 0) is 4.74 Å². The minimum atomic E-state index is -0.438. The van der Waals surface area contributed by atoms with E-state index in [0.717, 1.165) is 6.42 Å². The molecule has 0 aromatic carbocycles. The van der Waals surface area contributed by atoms with Crippen molar-refractivity contribution in [2.75, 3.05) is 13.1 Å². The molecule has 1 amide bonds. The predicted molar refractivity (Wildman–Crippen MR) is 59.5 cm³/mol. The lowest BCUT2D eigenvalue weighted by atomic mass is 10.2. The highest BCUT2D eigenvalue weighted by molar-refractivity contribution is 5.69. The van der Waals surface area contributed by atoms with Crippen molar-refractivity contribution >= 4 is 6.09 Å². The molecule has 4 nitrogen and oxygen atoms in total. The van der Waals surface area contributed by atoms with E-state index >= 15 is 0 Å². The van der Waals surface area contributed by atoms with Crippen molar-refractivity contribution in [3.05, 3.63) is 12.2 Å². The Kier molecular flexibility index (Phi) is 3.74. The van der Waals surface area contributed by atoms with Gasteiger partial charge in [0.2, 0.25) is 0 Å². The smallest absolute Gasteiger partial charge is 0.411 e. The summed E-state index contributed by atoms with van der Waals surface area (Å²) < 4.78 is 5.30. The number of rotatable bonds is 2. The molecule has 1 rings (SSSR count). The molecule has 0 saturated heterocycles. The van der Waals surface area contributed by atoms with Gasteiger partial charge in [0.15, 0.2) is 0 Å². The summed E-state index contributed by atoms with van der Waals surface area (Å²) in [4.78, 5) is 13.5. The summed E-state index contributed by atoms with van der Waals surface area (Å²) in [5.74, 6) is 0. The van der Waals surface area contributed by atoms with Gasteiger partial charge in [0.1, 0.15) is 5.60 Å². The van der Waals surface area contributed by atoms with E-state index in [1.807, 2.05) is 32.9 Å². The van der Waals surface area contributed by atoms with Gasteiger partial charge in [0, 0.05) is 6.54 Å². The minimum absolute atomic E-state index is 0.102. The Hall–Kier alpha value is -1.03. The van der Waals surface area contributed by atoms with Gasteiger partial charge >= 0.3 is 6.09 Å². The first-order valence-electron chi connectivity index (χ1n) is 5.30. The Morgan fingerprint density at radius 3 is 2.80 bits per heavy atom. The van der Waals surface area contributed by atoms with Crippen LogP contribution >= 0.6 is 0 Å². The van der Waals surface area contributed by atoms with E-state index in [0.29, 0.717) is 13.1 Å². The second kappa shape index (κ2) is 4.66. The summed E-state index contributed by atoms with van der Waals surface area (Å²) in [6.45, 7) is 6.80. The van der Waals surface area contributed by atoms with Crippen LogP contribution in [0.25, 0.3) is 0 Å². The van der Waals surface area contributed by atoms with E-state index in [9.17, 15) is 4.79 Å². The third kappa shape index (κ3) is 3.55. The largest absolute Gasteiger partial charge is 0.444 e. The number of ether oxygens (including phenoxy) is 1. The van der Waals surface area contributed by atoms with E-state index in [2.05, 4.69) is 0 Å². The van der Waals surface area contributed by atoms with Crippen LogP contribution < -0.4 is 5.73 Å². The van der Waals surface area contributed by atoms with Gasteiger partial charge in [-0.1, -0.05) is 12.2 Å². The number of nitrogens with two attached hydrogens (primary N) is 1. The highest BCUT2D eigenvalue weighted by atomic mass is 16.6. The molecule has 4 heteroatoms. The zero-order valence-corrected chi connectivity index (χ0v) is 9.69. The van der Waals surface area contributed by atoms with E-state index in [1.54, 1.807) is 4.90 Å². The van der Waals surface area contributed by atoms with Crippen LogP contribution in [0.3, 0.4) is 0 Å². The van der Waals surface area contributed by atoms with Gasteiger partial charge in [-0.3, -0.25) is 4.90 Å². The molecule has 1 atom stereocenters. The number of carbonyl (C=O) groups is 1. The fourth-order valence-electron chi connectivity index (χ4n) is 1.52. The Balaban J connectivity index is 2.53. The van der Waals surface area contributed by atoms with Gasteiger partial charge in [-0.2, -0.15) is 0 Å². The van der Waals surface area contributed by atoms with Crippen molar-refractivity contribution in [1.29, 1.82) is 0 Å². The highest BCUT2D eigenvalue weighted by Crippen LogP contribution is 2.17. The Bertz CT molecular complexity index is 256. The number of carbonyl (C=O) groups excluding carboxylic acids is 1. The average molecular weight is 212 g/mol. The molecular weight excluding hydrogens is 192 g/mol. The molecule has 0 radical (unpaired) electrons. The van der Waals surface area contributed by atoms with Crippen molar-refractivity contribution in [2.45, 2.75) is 38.8 Å². The van der Waals surface area contributed by atoms with E-state index in [4.69, 9.17) is 10.5 Å². The van der Waals surface area contributed by atoms with Crippen LogP contribution in [0.4, 0.5) is 4.79 Å². The molecule has 0 aliphatic carbocycles. The van der Waals surface area contributed by atoms with Crippen LogP contribution in [0.15, 0.2) is 12.2 Å². The van der Waals surface area contributed by atoms with Crippen LogP contribution in [0, 0.1) is 0 Å². The number of hydrogen-bond donors (Lipinski definition) is 1. The van der Waals surface area contributed by atoms with Crippen LogP contribution in [0.2, 0.25) is 0 Å². The normalized spacial score (nSPS) is 20.8.